The minimum Gasteiger partial charge on any atom is -0.0843 e. The molecule has 0 aliphatic carbocycles. The van der Waals surface area contributed by atoms with Gasteiger partial charge in [0.2, 0.25) is 0 Å². The van der Waals surface area contributed by atoms with E-state index in [0.717, 1.165) is 0 Å². The van der Waals surface area contributed by atoms with E-state index in [1.54, 1.807) is 18.2 Å². The first-order valence-electron chi connectivity index (χ1n) is 2.79. The Hall–Kier alpha value is -0.980. The first kappa shape index (κ1) is 8.12. The Kier molecular flexibility index (Phi) is 2.53. The minimum absolute atomic E-state index is 0.451. The van der Waals surface area contributed by atoms with Crippen LogP contribution < -0.4 is 5.43 Å². The van der Waals surface area contributed by atoms with Gasteiger partial charge in [0.25, 0.3) is 5.39 Å². The molecule has 0 spiro atoms. The van der Waals surface area contributed by atoms with Crippen LogP contribution in [0.15, 0.2) is 18.2 Å². The summed E-state index contributed by atoms with van der Waals surface area (Å²) >= 11 is 11.3. The van der Waals surface area contributed by atoms with Crippen molar-refractivity contribution >= 4 is 28.9 Å². The van der Waals surface area contributed by atoms with Crippen molar-refractivity contribution in [3.8, 4) is 0 Å². The fraction of sp³-hybridized carbons (Fsp3) is 0. The van der Waals surface area contributed by atoms with Crippen LogP contribution in [0.1, 0.15) is 0 Å². The Morgan fingerprint density at radius 3 is 2.73 bits per heavy atom. The molecular formula is C6H4Cl2N3+. The van der Waals surface area contributed by atoms with E-state index in [1.165, 1.54) is 0 Å². The molecule has 5 heteroatoms. The van der Waals surface area contributed by atoms with Gasteiger partial charge in [0.1, 0.15) is 5.69 Å². The van der Waals surface area contributed by atoms with Gasteiger partial charge in [-0.2, -0.15) is 0 Å². The van der Waals surface area contributed by atoms with Crippen LogP contribution in [-0.4, -0.2) is 0 Å². The number of halogens is 2. The lowest BCUT2D eigenvalue weighted by atomic mass is 10.3. The zero-order valence-electron chi connectivity index (χ0n) is 5.38. The highest BCUT2D eigenvalue weighted by molar-refractivity contribution is 6.35. The molecule has 0 amide bonds. The number of benzene rings is 1. The highest BCUT2D eigenvalue weighted by Gasteiger charge is 2.04. The van der Waals surface area contributed by atoms with Gasteiger partial charge in [0.15, 0.2) is 0 Å². The molecule has 1 aromatic carbocycles. The first-order valence-corrected chi connectivity index (χ1v) is 3.55. The molecule has 0 aromatic heterocycles. The Labute approximate surface area is 73.5 Å². The van der Waals surface area contributed by atoms with E-state index in [-0.39, 0.29) is 0 Å². The van der Waals surface area contributed by atoms with Crippen LogP contribution in [0.3, 0.4) is 0 Å². The second kappa shape index (κ2) is 3.42. The molecule has 0 aliphatic rings. The van der Waals surface area contributed by atoms with Crippen LogP contribution in [-0.2, 0) is 0 Å². The van der Waals surface area contributed by atoms with Crippen LogP contribution in [0.2, 0.25) is 10.0 Å². The number of nitrogens with one attached hydrogen (secondary N) is 1. The van der Waals surface area contributed by atoms with Crippen LogP contribution in [0.25, 0.3) is 5.08 Å². The number of hydrogen-bond acceptors (Lipinski definition) is 2. The molecule has 0 saturated carbocycles. The summed E-state index contributed by atoms with van der Waals surface area (Å²) in [6.07, 6.45) is 0. The van der Waals surface area contributed by atoms with E-state index in [4.69, 9.17) is 28.6 Å². The van der Waals surface area contributed by atoms with Gasteiger partial charge >= 0.3 is 5.08 Å². The SMILES string of the molecule is N#[N+]Nc1cc(Cl)ccc1Cl. The van der Waals surface area contributed by atoms with Crippen molar-refractivity contribution in [1.82, 2.24) is 0 Å². The summed E-state index contributed by atoms with van der Waals surface area (Å²) in [5.41, 5.74) is 2.75. The monoisotopic (exact) mass is 188 g/mol. The lowest BCUT2D eigenvalue weighted by molar-refractivity contribution is 1.39. The highest BCUT2D eigenvalue weighted by atomic mass is 35.5. The summed E-state index contributed by atoms with van der Waals surface area (Å²) in [5, 5.41) is 11.8. The smallest absolute Gasteiger partial charge is 0.0843 e. The molecule has 0 fully saturated rings. The minimum atomic E-state index is 0.451. The molecule has 56 valence electrons. The second-order valence-corrected chi connectivity index (χ2v) is 2.68. The van der Waals surface area contributed by atoms with Crippen molar-refractivity contribution in [3.05, 3.63) is 33.3 Å². The van der Waals surface area contributed by atoms with Crippen molar-refractivity contribution < 1.29 is 0 Å². The summed E-state index contributed by atoms with van der Waals surface area (Å²) in [7, 11) is 0. The Morgan fingerprint density at radius 1 is 1.36 bits per heavy atom. The van der Waals surface area contributed by atoms with E-state index in [1.807, 2.05) is 0 Å². The van der Waals surface area contributed by atoms with Crippen LogP contribution in [0.5, 0.6) is 0 Å². The third-order valence-electron chi connectivity index (χ3n) is 1.10. The van der Waals surface area contributed by atoms with Gasteiger partial charge in [-0.3, -0.25) is 0 Å². The van der Waals surface area contributed by atoms with Gasteiger partial charge in [0.05, 0.1) is 5.02 Å². The van der Waals surface area contributed by atoms with E-state index in [0.29, 0.717) is 15.7 Å². The van der Waals surface area contributed by atoms with Crippen LogP contribution >= 0.6 is 23.2 Å². The standard InChI is InChI=1S/C6H4Cl2N3/c7-4-1-2-5(8)6(3-4)10-11-9/h1-3,10H/q+1. The van der Waals surface area contributed by atoms with Crippen molar-refractivity contribution in [2.45, 2.75) is 0 Å². The van der Waals surface area contributed by atoms with Gasteiger partial charge < -0.3 is 0 Å². The molecule has 0 unspecified atom stereocenters. The fourth-order valence-electron chi connectivity index (χ4n) is 0.637. The van der Waals surface area contributed by atoms with Crippen molar-refractivity contribution in [2.24, 2.45) is 0 Å². The Morgan fingerprint density at radius 2 is 2.09 bits per heavy atom. The number of hydrogen-bond donors (Lipinski definition) is 1. The maximum atomic E-state index is 8.15. The summed E-state index contributed by atoms with van der Waals surface area (Å²) < 4.78 is 0. The molecule has 0 heterocycles. The molecule has 1 aromatic rings. The molecule has 1 rings (SSSR count). The van der Waals surface area contributed by atoms with Gasteiger partial charge in [-0.05, 0) is 23.6 Å². The normalized spacial score (nSPS) is 8.82. The Balaban J connectivity index is 3.05. The molecule has 0 saturated heterocycles. The average Bonchev–Trinajstić information content (AvgIpc) is 1.98. The van der Waals surface area contributed by atoms with Gasteiger partial charge in [-0.1, -0.05) is 23.2 Å². The average molecular weight is 189 g/mol. The quantitative estimate of drug-likeness (QED) is 0.544. The predicted octanol–water partition coefficient (Wildman–Crippen LogP) is 3.17. The number of anilines is 1. The largest absolute Gasteiger partial charge is 0.308 e. The summed E-state index contributed by atoms with van der Waals surface area (Å²) in [6.45, 7) is 0. The lowest BCUT2D eigenvalue weighted by Gasteiger charge is -1.93. The molecule has 0 radical (unpaired) electrons. The molecule has 11 heavy (non-hydrogen) atoms. The van der Waals surface area contributed by atoms with Crippen molar-refractivity contribution in [3.63, 3.8) is 0 Å². The number of rotatable bonds is 1. The van der Waals surface area contributed by atoms with Crippen LogP contribution in [0, 0.1) is 5.39 Å². The van der Waals surface area contributed by atoms with Gasteiger partial charge in [-0.15, -0.1) is 0 Å². The zero-order valence-corrected chi connectivity index (χ0v) is 6.89. The molecule has 0 aliphatic heterocycles. The maximum Gasteiger partial charge on any atom is 0.308 e. The second-order valence-electron chi connectivity index (χ2n) is 1.84. The van der Waals surface area contributed by atoms with Crippen LogP contribution in [0.4, 0.5) is 5.69 Å². The summed E-state index contributed by atoms with van der Waals surface area (Å²) in [4.78, 5) is 0. The molecular weight excluding hydrogens is 185 g/mol. The van der Waals surface area contributed by atoms with Crippen molar-refractivity contribution in [2.75, 3.05) is 5.43 Å². The maximum absolute atomic E-state index is 8.15. The van der Waals surface area contributed by atoms with Gasteiger partial charge in [-0.25, -0.2) is 0 Å². The molecule has 3 nitrogen and oxygen atoms in total. The fourth-order valence-corrected chi connectivity index (χ4v) is 0.969. The zero-order chi connectivity index (χ0) is 8.27. The molecule has 0 bridgehead atoms. The van der Waals surface area contributed by atoms with E-state index in [9.17, 15) is 0 Å². The van der Waals surface area contributed by atoms with E-state index >= 15 is 0 Å². The van der Waals surface area contributed by atoms with E-state index in [2.05, 4.69) is 10.5 Å². The number of diazo groups is 1. The molecule has 0 atom stereocenters. The third-order valence-corrected chi connectivity index (χ3v) is 1.66. The topological polar surface area (TPSA) is 40.2 Å². The molecule has 1 N–H and O–H groups in total. The first-order chi connectivity index (χ1) is 5.24. The number of nitrogens with zero attached hydrogens (tertiary/aromatic N) is 2. The lowest BCUT2D eigenvalue weighted by Crippen LogP contribution is -1.84. The highest BCUT2D eigenvalue weighted by Crippen LogP contribution is 2.25. The predicted molar refractivity (Wildman–Crippen MR) is 45.2 cm³/mol. The summed E-state index contributed by atoms with van der Waals surface area (Å²) in [5.74, 6) is 0. The summed E-state index contributed by atoms with van der Waals surface area (Å²) in [6, 6.07) is 4.81. The van der Waals surface area contributed by atoms with E-state index < -0.39 is 0 Å². The van der Waals surface area contributed by atoms with Gasteiger partial charge in [0, 0.05) is 5.02 Å². The Bertz CT molecular complexity index is 305. The third kappa shape index (κ3) is 1.97. The van der Waals surface area contributed by atoms with Crippen molar-refractivity contribution in [1.29, 1.82) is 5.39 Å².